The highest BCUT2D eigenvalue weighted by molar-refractivity contribution is 7.89. The van der Waals surface area contributed by atoms with Crippen molar-refractivity contribution in [3.63, 3.8) is 0 Å². The number of amides is 1. The average Bonchev–Trinajstić information content (AvgIpc) is 3.27. The van der Waals surface area contributed by atoms with E-state index in [1.807, 2.05) is 0 Å². The van der Waals surface area contributed by atoms with E-state index in [2.05, 4.69) is 5.32 Å². The van der Waals surface area contributed by atoms with Crippen molar-refractivity contribution >= 4 is 32.9 Å². The quantitative estimate of drug-likeness (QED) is 0.341. The van der Waals surface area contributed by atoms with Crippen LogP contribution in [0.5, 0.6) is 5.75 Å². The lowest BCUT2D eigenvalue weighted by atomic mass is 10.0. The van der Waals surface area contributed by atoms with Gasteiger partial charge in [0.1, 0.15) is 17.4 Å². The molecule has 0 spiro atoms. The Hall–Kier alpha value is -4.15. The summed E-state index contributed by atoms with van der Waals surface area (Å²) in [6, 6.07) is 18.5. The molecule has 1 unspecified atom stereocenters. The van der Waals surface area contributed by atoms with Gasteiger partial charge in [0.05, 0.1) is 12.0 Å². The van der Waals surface area contributed by atoms with Crippen LogP contribution in [0.3, 0.4) is 0 Å². The fraction of sp³-hybridized carbons (Fsp3) is 0.120. The summed E-state index contributed by atoms with van der Waals surface area (Å²) in [7, 11) is -2.30. The molecule has 0 saturated carbocycles. The van der Waals surface area contributed by atoms with Crippen LogP contribution in [0.25, 0.3) is 22.1 Å². The normalized spacial score (nSPS) is 12.3. The van der Waals surface area contributed by atoms with Crippen molar-refractivity contribution < 1.29 is 32.3 Å². The van der Waals surface area contributed by atoms with E-state index in [1.165, 1.54) is 25.3 Å². The Morgan fingerprint density at radius 2 is 1.77 bits per heavy atom. The summed E-state index contributed by atoms with van der Waals surface area (Å²) in [5.74, 6) is -1.25. The van der Waals surface area contributed by atoms with Gasteiger partial charge < -0.3 is 19.6 Å². The van der Waals surface area contributed by atoms with Crippen LogP contribution < -0.4 is 15.2 Å². The van der Waals surface area contributed by atoms with Crippen LogP contribution in [-0.4, -0.2) is 38.6 Å². The molecule has 1 amide bonds. The molecule has 35 heavy (non-hydrogen) atoms. The summed E-state index contributed by atoms with van der Waals surface area (Å²) < 4.78 is 33.9. The third kappa shape index (κ3) is 5.51. The van der Waals surface area contributed by atoms with E-state index in [-0.39, 0.29) is 17.1 Å². The lowest BCUT2D eigenvalue weighted by molar-refractivity contribution is -0.139. The van der Waals surface area contributed by atoms with Gasteiger partial charge in [0.25, 0.3) is 5.91 Å². The number of hydrogen-bond donors (Lipinski definition) is 3. The molecule has 0 aliphatic heterocycles. The summed E-state index contributed by atoms with van der Waals surface area (Å²) in [6.45, 7) is 0. The number of methoxy groups -OCH3 is 1. The van der Waals surface area contributed by atoms with E-state index in [1.54, 1.807) is 54.6 Å². The van der Waals surface area contributed by atoms with Crippen molar-refractivity contribution in [2.24, 2.45) is 5.14 Å². The predicted molar refractivity (Wildman–Crippen MR) is 129 cm³/mol. The first-order chi connectivity index (χ1) is 16.6. The maximum absolute atomic E-state index is 12.7. The van der Waals surface area contributed by atoms with E-state index >= 15 is 0 Å². The number of nitrogens with one attached hydrogen (secondary N) is 1. The number of sulfonamides is 1. The molecule has 0 aliphatic carbocycles. The zero-order valence-corrected chi connectivity index (χ0v) is 19.4. The van der Waals surface area contributed by atoms with Gasteiger partial charge in [-0.1, -0.05) is 36.4 Å². The Morgan fingerprint density at radius 1 is 1.03 bits per heavy atom. The highest BCUT2D eigenvalue weighted by atomic mass is 32.2. The minimum absolute atomic E-state index is 0.00300. The van der Waals surface area contributed by atoms with Crippen LogP contribution in [0.1, 0.15) is 16.1 Å². The molecule has 1 atom stereocenters. The number of fused-ring (bicyclic) bond motifs is 1. The Bertz CT molecular complexity index is 1510. The molecule has 4 rings (SSSR count). The van der Waals surface area contributed by atoms with Gasteiger partial charge in [-0.15, -0.1) is 0 Å². The Balaban J connectivity index is 1.49. The number of benzene rings is 3. The van der Waals surface area contributed by atoms with Crippen LogP contribution >= 0.6 is 0 Å². The number of ether oxygens (including phenoxy) is 1. The summed E-state index contributed by atoms with van der Waals surface area (Å²) >= 11 is 0. The van der Waals surface area contributed by atoms with E-state index in [4.69, 9.17) is 14.3 Å². The number of carboxylic acid groups (broad SMARTS) is 1. The molecule has 9 nitrogen and oxygen atoms in total. The summed E-state index contributed by atoms with van der Waals surface area (Å²) in [4.78, 5) is 24.5. The molecule has 0 saturated heterocycles. The van der Waals surface area contributed by atoms with Gasteiger partial charge in [0.15, 0.2) is 5.76 Å². The smallest absolute Gasteiger partial charge is 0.326 e. The molecule has 0 aliphatic rings. The third-order valence-corrected chi connectivity index (χ3v) is 6.35. The first-order valence-electron chi connectivity index (χ1n) is 10.5. The Labute approximate surface area is 201 Å². The molecule has 1 aromatic heterocycles. The van der Waals surface area contributed by atoms with Crippen LogP contribution in [0.15, 0.2) is 82.1 Å². The van der Waals surface area contributed by atoms with Gasteiger partial charge in [0, 0.05) is 11.8 Å². The number of carbonyl (C=O) groups is 2. The lowest BCUT2D eigenvalue weighted by Crippen LogP contribution is -2.42. The van der Waals surface area contributed by atoms with Gasteiger partial charge in [-0.25, -0.2) is 18.4 Å². The zero-order chi connectivity index (χ0) is 25.2. The molecule has 180 valence electrons. The molecule has 4 aromatic rings. The van der Waals surface area contributed by atoms with E-state index in [9.17, 15) is 23.1 Å². The van der Waals surface area contributed by atoms with Crippen LogP contribution in [0.4, 0.5) is 0 Å². The van der Waals surface area contributed by atoms with Gasteiger partial charge in [-0.3, -0.25) is 4.79 Å². The molecular weight excluding hydrogens is 472 g/mol. The van der Waals surface area contributed by atoms with Gasteiger partial charge in [-0.05, 0) is 53.1 Å². The molecule has 1 heterocycles. The van der Waals surface area contributed by atoms with Crippen molar-refractivity contribution in [3.05, 3.63) is 84.1 Å². The lowest BCUT2D eigenvalue weighted by Gasteiger charge is -2.14. The molecular formula is C25H22N2O7S. The molecule has 4 N–H and O–H groups in total. The van der Waals surface area contributed by atoms with Gasteiger partial charge in [0.2, 0.25) is 10.0 Å². The fourth-order valence-corrected chi connectivity index (χ4v) is 4.17. The highest BCUT2D eigenvalue weighted by Crippen LogP contribution is 2.25. The zero-order valence-electron chi connectivity index (χ0n) is 18.6. The monoisotopic (exact) mass is 494 g/mol. The Kier molecular flexibility index (Phi) is 6.59. The highest BCUT2D eigenvalue weighted by Gasteiger charge is 2.23. The number of nitrogens with two attached hydrogens (primary N) is 1. The third-order valence-electron chi connectivity index (χ3n) is 5.44. The topological polar surface area (TPSA) is 149 Å². The van der Waals surface area contributed by atoms with Crippen molar-refractivity contribution in [3.8, 4) is 16.9 Å². The number of furan rings is 1. The summed E-state index contributed by atoms with van der Waals surface area (Å²) in [6.07, 6.45) is 0.0343. The summed E-state index contributed by atoms with van der Waals surface area (Å²) in [5.41, 5.74) is 2.52. The van der Waals surface area contributed by atoms with Gasteiger partial charge in [-0.2, -0.15) is 0 Å². The molecule has 0 fully saturated rings. The first-order valence-corrected chi connectivity index (χ1v) is 12.0. The minimum Gasteiger partial charge on any atom is -0.497 e. The fourth-order valence-electron chi connectivity index (χ4n) is 3.61. The van der Waals surface area contributed by atoms with Gasteiger partial charge >= 0.3 is 5.97 Å². The maximum atomic E-state index is 12.7. The minimum atomic E-state index is -3.83. The molecule has 3 aromatic carbocycles. The van der Waals surface area contributed by atoms with Crippen molar-refractivity contribution in [1.29, 1.82) is 0 Å². The first kappa shape index (κ1) is 24.0. The van der Waals surface area contributed by atoms with Crippen molar-refractivity contribution in [2.45, 2.75) is 17.4 Å². The summed E-state index contributed by atoms with van der Waals surface area (Å²) in [5, 5.41) is 18.0. The Morgan fingerprint density at radius 3 is 2.43 bits per heavy atom. The predicted octanol–water partition coefficient (Wildman–Crippen LogP) is 3.18. The number of hydrogen-bond acceptors (Lipinski definition) is 6. The number of carbonyl (C=O) groups excluding carboxylic acids is 1. The largest absolute Gasteiger partial charge is 0.497 e. The standard InChI is InChI=1S/C25H22N2O7S/c1-33-19-9-10-22-18(12-19)14-23(34-22)24(28)27-21(25(29)30)11-15-5-7-16(8-6-15)17-3-2-4-20(13-17)35(26,31)32/h2-10,12-14,21H,11H2,1H3,(H,27,28)(H,29,30)(H2,26,31,32). The van der Waals surface area contributed by atoms with Crippen LogP contribution in [0.2, 0.25) is 0 Å². The van der Waals surface area contributed by atoms with E-state index in [0.717, 1.165) is 5.56 Å². The molecule has 0 radical (unpaired) electrons. The molecule has 10 heteroatoms. The second-order valence-electron chi connectivity index (χ2n) is 7.85. The number of primary sulfonamides is 1. The van der Waals surface area contributed by atoms with Crippen molar-refractivity contribution in [1.82, 2.24) is 5.32 Å². The number of aliphatic carboxylic acids is 1. The second-order valence-corrected chi connectivity index (χ2v) is 9.41. The average molecular weight is 495 g/mol. The van der Waals surface area contributed by atoms with Crippen LogP contribution in [0, 0.1) is 0 Å². The van der Waals surface area contributed by atoms with E-state index in [0.29, 0.717) is 27.8 Å². The number of carboxylic acids is 1. The second kappa shape index (κ2) is 9.61. The maximum Gasteiger partial charge on any atom is 0.326 e. The van der Waals surface area contributed by atoms with Crippen molar-refractivity contribution in [2.75, 3.05) is 7.11 Å². The number of rotatable bonds is 8. The van der Waals surface area contributed by atoms with E-state index < -0.39 is 27.9 Å². The van der Waals surface area contributed by atoms with Crippen LogP contribution in [-0.2, 0) is 21.2 Å². The SMILES string of the molecule is COc1ccc2oc(C(=O)NC(Cc3ccc(-c4cccc(S(N)(=O)=O)c4)cc3)C(=O)O)cc2c1. The molecule has 0 bridgehead atoms.